The van der Waals surface area contributed by atoms with Gasteiger partial charge in [0.1, 0.15) is 12.5 Å². The van der Waals surface area contributed by atoms with E-state index < -0.39 is 5.97 Å². The first-order chi connectivity index (χ1) is 10.6. The van der Waals surface area contributed by atoms with Crippen LogP contribution in [0.2, 0.25) is 25.1 Å². The highest BCUT2D eigenvalue weighted by Gasteiger charge is 2.23. The zero-order chi connectivity index (χ0) is 18.3. The Labute approximate surface area is 159 Å². The van der Waals surface area contributed by atoms with E-state index in [9.17, 15) is 4.79 Å². The maximum atomic E-state index is 10.7. The molecule has 0 radical (unpaired) electrons. The van der Waals surface area contributed by atoms with Crippen LogP contribution in [0.25, 0.3) is 0 Å². The van der Waals surface area contributed by atoms with Crippen molar-refractivity contribution in [3.63, 3.8) is 0 Å². The van der Waals surface area contributed by atoms with Gasteiger partial charge in [-0.15, -0.1) is 0 Å². The Kier molecular flexibility index (Phi) is 10.8. The van der Waals surface area contributed by atoms with Gasteiger partial charge in [-0.3, -0.25) is 5.32 Å². The molecule has 10 heteroatoms. The molecule has 0 aliphatic heterocycles. The normalized spacial score (nSPS) is 13.1. The van der Waals surface area contributed by atoms with Gasteiger partial charge in [0.05, 0.1) is 30.7 Å². The van der Waals surface area contributed by atoms with Crippen molar-refractivity contribution in [1.29, 1.82) is 0 Å². The minimum atomic E-state index is -1.32. The molecule has 0 heterocycles. The van der Waals surface area contributed by atoms with E-state index in [0.717, 1.165) is 0 Å². The summed E-state index contributed by atoms with van der Waals surface area (Å²) in [6, 6.07) is 0. The fraction of sp³-hybridized carbons (Fsp3) is 0.462. The molecule has 0 aromatic heterocycles. The van der Waals surface area contributed by atoms with E-state index in [1.165, 1.54) is 0 Å². The average molecular weight is 428 g/mol. The molecule has 0 bridgehead atoms. The lowest BCUT2D eigenvalue weighted by molar-refractivity contribution is 0.00786. The van der Waals surface area contributed by atoms with E-state index >= 15 is 0 Å². The third-order valence-electron chi connectivity index (χ3n) is 2.60. The van der Waals surface area contributed by atoms with E-state index in [-0.39, 0.29) is 43.1 Å². The van der Waals surface area contributed by atoms with Crippen LogP contribution in [0.4, 0.5) is 0 Å². The van der Waals surface area contributed by atoms with Gasteiger partial charge < -0.3 is 14.6 Å². The highest BCUT2D eigenvalue weighted by atomic mass is 35.5. The molecule has 0 amide bonds. The third kappa shape index (κ3) is 6.80. The smallest absolute Gasteiger partial charge is 0.338 e. The van der Waals surface area contributed by atoms with Crippen molar-refractivity contribution in [2.24, 2.45) is 0 Å². The van der Waals surface area contributed by atoms with Gasteiger partial charge in [-0.1, -0.05) is 58.0 Å². The van der Waals surface area contributed by atoms with Gasteiger partial charge in [-0.05, 0) is 13.8 Å². The summed E-state index contributed by atoms with van der Waals surface area (Å²) >= 11 is 28.2. The predicted molar refractivity (Wildman–Crippen MR) is 94.5 cm³/mol. The number of carboxylic acid groups (broad SMARTS) is 1. The Morgan fingerprint density at radius 2 is 1.17 bits per heavy atom. The summed E-state index contributed by atoms with van der Waals surface area (Å²) in [6.07, 6.45) is 0.111. The number of nitrogens with one attached hydrogen (secondary N) is 1. The zero-order valence-corrected chi connectivity index (χ0v) is 16.5. The van der Waals surface area contributed by atoms with Gasteiger partial charge >= 0.3 is 5.97 Å². The standard InChI is InChI=1S/C7HCl5O2.C6H15NO2/c8-2-1(7(13)14)3(9)5(11)6(12)4(2)10;1-5(8-3)7-6(2)9-4/h(H,13,14);5-7H,1-4H3. The molecule has 2 N–H and O–H groups in total. The highest BCUT2D eigenvalue weighted by Crippen LogP contribution is 2.43. The summed E-state index contributed by atoms with van der Waals surface area (Å²) in [4.78, 5) is 10.7. The lowest BCUT2D eigenvalue weighted by Crippen LogP contribution is -2.36. The quantitative estimate of drug-likeness (QED) is 0.383. The summed E-state index contributed by atoms with van der Waals surface area (Å²) in [6.45, 7) is 3.85. The fourth-order valence-corrected chi connectivity index (χ4v) is 2.56. The van der Waals surface area contributed by atoms with Gasteiger partial charge in [-0.2, -0.15) is 0 Å². The van der Waals surface area contributed by atoms with Crippen LogP contribution in [0.1, 0.15) is 24.2 Å². The number of halogens is 5. The van der Waals surface area contributed by atoms with E-state index in [1.54, 1.807) is 14.2 Å². The second kappa shape index (κ2) is 10.8. The topological polar surface area (TPSA) is 67.8 Å². The van der Waals surface area contributed by atoms with Crippen molar-refractivity contribution in [1.82, 2.24) is 5.32 Å². The first-order valence-electron chi connectivity index (χ1n) is 6.14. The molecule has 132 valence electrons. The number of benzene rings is 1. The molecule has 2 unspecified atom stereocenters. The van der Waals surface area contributed by atoms with Crippen LogP contribution in [0.3, 0.4) is 0 Å². The monoisotopic (exact) mass is 425 g/mol. The number of methoxy groups -OCH3 is 2. The number of carboxylic acids is 1. The molecule has 0 fully saturated rings. The van der Waals surface area contributed by atoms with Crippen molar-refractivity contribution < 1.29 is 19.4 Å². The summed E-state index contributed by atoms with van der Waals surface area (Å²) in [7, 11) is 3.31. The first-order valence-corrected chi connectivity index (χ1v) is 8.03. The highest BCUT2D eigenvalue weighted by molar-refractivity contribution is 6.56. The van der Waals surface area contributed by atoms with Crippen LogP contribution in [-0.2, 0) is 9.47 Å². The van der Waals surface area contributed by atoms with Gasteiger partial charge in [0, 0.05) is 14.2 Å². The Morgan fingerprint density at radius 3 is 1.43 bits per heavy atom. The minimum Gasteiger partial charge on any atom is -0.478 e. The lowest BCUT2D eigenvalue weighted by Gasteiger charge is -2.16. The molecule has 0 spiro atoms. The molecule has 0 saturated carbocycles. The lowest BCUT2D eigenvalue weighted by atomic mass is 10.2. The molecule has 1 rings (SSSR count). The van der Waals surface area contributed by atoms with Crippen molar-refractivity contribution in [2.45, 2.75) is 26.3 Å². The van der Waals surface area contributed by atoms with Crippen LogP contribution in [-0.4, -0.2) is 37.8 Å². The van der Waals surface area contributed by atoms with Crippen molar-refractivity contribution in [3.05, 3.63) is 30.7 Å². The zero-order valence-electron chi connectivity index (χ0n) is 12.7. The molecule has 0 saturated heterocycles. The molecule has 0 aliphatic rings. The van der Waals surface area contributed by atoms with Crippen LogP contribution in [0.15, 0.2) is 0 Å². The Balaban J connectivity index is 0.000000468. The van der Waals surface area contributed by atoms with Gasteiger partial charge in [0.15, 0.2) is 0 Å². The number of hydrogen-bond donors (Lipinski definition) is 2. The molecule has 0 aliphatic carbocycles. The van der Waals surface area contributed by atoms with Crippen LogP contribution >= 0.6 is 58.0 Å². The summed E-state index contributed by atoms with van der Waals surface area (Å²) in [5, 5.41) is 11.0. The Hall–Kier alpha value is 0.0200. The molecule has 2 atom stereocenters. The minimum absolute atomic E-state index is 0.0555. The Bertz CT molecular complexity index is 519. The van der Waals surface area contributed by atoms with Crippen molar-refractivity contribution in [2.75, 3.05) is 14.2 Å². The van der Waals surface area contributed by atoms with Crippen LogP contribution < -0.4 is 5.32 Å². The van der Waals surface area contributed by atoms with Gasteiger partial charge in [-0.25, -0.2) is 4.79 Å². The van der Waals surface area contributed by atoms with E-state index in [1.807, 2.05) is 13.8 Å². The predicted octanol–water partition coefficient (Wildman–Crippen LogP) is 5.21. The van der Waals surface area contributed by atoms with Crippen LogP contribution in [0, 0.1) is 0 Å². The molecule has 23 heavy (non-hydrogen) atoms. The Morgan fingerprint density at radius 1 is 0.870 bits per heavy atom. The second-order valence-electron chi connectivity index (χ2n) is 4.17. The summed E-state index contributed by atoms with van der Waals surface area (Å²) in [5.41, 5.74) is -0.354. The summed E-state index contributed by atoms with van der Waals surface area (Å²) < 4.78 is 9.86. The molecule has 1 aromatic carbocycles. The maximum Gasteiger partial charge on any atom is 0.338 e. The molecular formula is C13H16Cl5NO4. The van der Waals surface area contributed by atoms with Crippen molar-refractivity contribution in [3.8, 4) is 0 Å². The average Bonchev–Trinajstić information content (AvgIpc) is 2.51. The number of rotatable bonds is 5. The summed E-state index contributed by atoms with van der Waals surface area (Å²) in [5.74, 6) is -1.32. The first kappa shape index (κ1) is 23.0. The fourth-order valence-electron chi connectivity index (χ4n) is 1.26. The molecular weight excluding hydrogens is 411 g/mol. The SMILES string of the molecule is COC(C)NC(C)OC.O=C(O)c1c(Cl)c(Cl)c(Cl)c(Cl)c1Cl. The number of carbonyl (C=O) groups is 1. The molecule has 5 nitrogen and oxygen atoms in total. The van der Waals surface area contributed by atoms with Crippen molar-refractivity contribution >= 4 is 64.0 Å². The van der Waals surface area contributed by atoms with E-state index in [2.05, 4.69) is 5.32 Å². The van der Waals surface area contributed by atoms with Gasteiger partial charge in [0.25, 0.3) is 0 Å². The number of ether oxygens (including phenoxy) is 2. The number of aromatic carboxylic acids is 1. The van der Waals surface area contributed by atoms with E-state index in [4.69, 9.17) is 72.6 Å². The maximum absolute atomic E-state index is 10.7. The van der Waals surface area contributed by atoms with Gasteiger partial charge in [0.2, 0.25) is 0 Å². The number of hydrogen-bond acceptors (Lipinski definition) is 4. The largest absolute Gasteiger partial charge is 0.478 e. The second-order valence-corrected chi connectivity index (χ2v) is 6.06. The van der Waals surface area contributed by atoms with E-state index in [0.29, 0.717) is 0 Å². The van der Waals surface area contributed by atoms with Crippen LogP contribution in [0.5, 0.6) is 0 Å². The molecule has 1 aromatic rings. The third-order valence-corrected chi connectivity index (χ3v) is 4.88.